The summed E-state index contributed by atoms with van der Waals surface area (Å²) in [6.07, 6.45) is 10.7. The first-order valence-corrected chi connectivity index (χ1v) is 17.0. The van der Waals surface area contributed by atoms with E-state index in [4.69, 9.17) is 14.2 Å². The summed E-state index contributed by atoms with van der Waals surface area (Å²) in [7, 11) is 0. The van der Waals surface area contributed by atoms with Crippen molar-refractivity contribution in [2.24, 2.45) is 0 Å². The number of carboxylic acid groups (broad SMARTS) is 3. The number of carbonyl (C=O) groups is 3. The minimum absolute atomic E-state index is 0.199. The van der Waals surface area contributed by atoms with Crippen molar-refractivity contribution >= 4 is 17.9 Å². The smallest absolute Gasteiger partial charge is 0.341 e. The lowest BCUT2D eigenvalue weighted by Crippen LogP contribution is -2.17. The fourth-order valence-electron chi connectivity index (χ4n) is 7.51. The number of aryl methyl sites for hydroxylation is 1. The SMILES string of the molecule is Cc1cc(OCC(=O)O)c(C2CCCCC2)cc1C(c1ccccc1OCC(=O)O)c1cc(C2CCCCC2)cc(OCC(=O)O)c1C. The summed E-state index contributed by atoms with van der Waals surface area (Å²) in [5.74, 6) is -1.62. The molecule has 2 aliphatic rings. The molecule has 2 saturated carbocycles. The van der Waals surface area contributed by atoms with E-state index in [9.17, 15) is 29.7 Å². The van der Waals surface area contributed by atoms with Crippen LogP contribution >= 0.6 is 0 Å². The lowest BCUT2D eigenvalue weighted by molar-refractivity contribution is -0.140. The van der Waals surface area contributed by atoms with Gasteiger partial charge in [-0.05, 0) is 103 Å². The van der Waals surface area contributed by atoms with E-state index in [1.165, 1.54) is 6.42 Å². The molecule has 1 unspecified atom stereocenters. The summed E-state index contributed by atoms with van der Waals surface area (Å²) in [6, 6.07) is 15.7. The minimum atomic E-state index is -1.09. The van der Waals surface area contributed by atoms with Gasteiger partial charge in [0, 0.05) is 11.5 Å². The summed E-state index contributed by atoms with van der Waals surface area (Å²) in [4.78, 5) is 34.8. The van der Waals surface area contributed by atoms with E-state index in [2.05, 4.69) is 12.1 Å². The average Bonchev–Trinajstić information content (AvgIpc) is 3.08. The number of benzene rings is 3. The molecule has 3 aromatic carbocycles. The first-order valence-electron chi connectivity index (χ1n) is 17.0. The van der Waals surface area contributed by atoms with Crippen LogP contribution in [0.25, 0.3) is 0 Å². The van der Waals surface area contributed by atoms with Gasteiger partial charge in [0.1, 0.15) is 17.2 Å². The van der Waals surface area contributed by atoms with Gasteiger partial charge in [0.15, 0.2) is 19.8 Å². The maximum atomic E-state index is 11.6. The number of hydrogen-bond donors (Lipinski definition) is 3. The Morgan fingerprint density at radius 1 is 0.625 bits per heavy atom. The predicted octanol–water partition coefficient (Wildman–Crippen LogP) is 7.97. The minimum Gasteiger partial charge on any atom is -0.482 e. The lowest BCUT2D eigenvalue weighted by Gasteiger charge is -2.30. The Balaban J connectivity index is 1.76. The van der Waals surface area contributed by atoms with E-state index in [1.54, 1.807) is 6.07 Å². The molecule has 0 saturated heterocycles. The molecule has 5 rings (SSSR count). The molecule has 9 nitrogen and oxygen atoms in total. The van der Waals surface area contributed by atoms with E-state index in [0.29, 0.717) is 23.2 Å². The highest BCUT2D eigenvalue weighted by atomic mass is 16.5. The molecule has 0 amide bonds. The number of aliphatic carboxylic acids is 3. The molecule has 256 valence electrons. The summed E-state index contributed by atoms with van der Waals surface area (Å²) in [5.41, 5.74) is 6.37. The third-order valence-electron chi connectivity index (χ3n) is 9.85. The summed E-state index contributed by atoms with van der Waals surface area (Å²) in [5, 5.41) is 28.5. The Morgan fingerprint density at radius 2 is 1.17 bits per heavy atom. The molecule has 9 heteroatoms. The van der Waals surface area contributed by atoms with Crippen LogP contribution < -0.4 is 14.2 Å². The standard InChI is InChI=1S/C39H46O9/c1-24-17-35(48-23-38(44)45)32(27-13-7-4-8-14-27)20-30(24)39(29-15-9-10-16-33(29)46-21-36(40)41)31-18-28(26-11-5-3-6-12-26)19-34(25(31)2)47-22-37(42)43/h9-10,15-20,26-27,39H,3-8,11-14,21-23H2,1-2H3,(H,40,41)(H,42,43)(H,44,45). The first-order chi connectivity index (χ1) is 23.1. The van der Waals surface area contributed by atoms with Crippen molar-refractivity contribution in [1.82, 2.24) is 0 Å². The Morgan fingerprint density at radius 3 is 1.77 bits per heavy atom. The zero-order chi connectivity index (χ0) is 34.2. The van der Waals surface area contributed by atoms with Crippen LogP contribution in [-0.2, 0) is 14.4 Å². The van der Waals surface area contributed by atoms with E-state index >= 15 is 0 Å². The van der Waals surface area contributed by atoms with Gasteiger partial charge in [0.2, 0.25) is 0 Å². The van der Waals surface area contributed by atoms with Crippen molar-refractivity contribution < 1.29 is 43.9 Å². The Hall–Kier alpha value is -4.53. The van der Waals surface area contributed by atoms with Gasteiger partial charge in [-0.1, -0.05) is 68.9 Å². The maximum Gasteiger partial charge on any atom is 0.341 e. The van der Waals surface area contributed by atoms with E-state index < -0.39 is 43.6 Å². The van der Waals surface area contributed by atoms with E-state index in [0.717, 1.165) is 96.7 Å². The van der Waals surface area contributed by atoms with Crippen LogP contribution in [0.5, 0.6) is 17.2 Å². The number of hydrogen-bond acceptors (Lipinski definition) is 6. The van der Waals surface area contributed by atoms with Crippen molar-refractivity contribution in [2.45, 2.75) is 95.8 Å². The summed E-state index contributed by atoms with van der Waals surface area (Å²) >= 11 is 0. The molecular weight excluding hydrogens is 612 g/mol. The molecule has 3 aromatic rings. The zero-order valence-corrected chi connectivity index (χ0v) is 27.8. The fraction of sp³-hybridized carbons (Fsp3) is 0.462. The molecule has 0 spiro atoms. The highest BCUT2D eigenvalue weighted by molar-refractivity contribution is 5.70. The zero-order valence-electron chi connectivity index (χ0n) is 27.8. The average molecular weight is 659 g/mol. The number of ether oxygens (including phenoxy) is 3. The first kappa shape index (κ1) is 34.8. The van der Waals surface area contributed by atoms with Crippen molar-refractivity contribution in [1.29, 1.82) is 0 Å². The summed E-state index contributed by atoms with van der Waals surface area (Å²) < 4.78 is 17.7. The summed E-state index contributed by atoms with van der Waals surface area (Å²) in [6.45, 7) is 2.49. The quantitative estimate of drug-likeness (QED) is 0.147. The van der Waals surface area contributed by atoms with Crippen LogP contribution in [0.3, 0.4) is 0 Å². The van der Waals surface area contributed by atoms with Crippen LogP contribution in [0, 0.1) is 13.8 Å². The van der Waals surface area contributed by atoms with Crippen LogP contribution in [0.15, 0.2) is 48.5 Å². The van der Waals surface area contributed by atoms with Crippen molar-refractivity contribution in [3.8, 4) is 17.2 Å². The second-order valence-electron chi connectivity index (χ2n) is 13.2. The molecule has 0 radical (unpaired) electrons. The maximum absolute atomic E-state index is 11.6. The van der Waals surface area contributed by atoms with Gasteiger partial charge in [0.25, 0.3) is 0 Å². The van der Waals surface area contributed by atoms with Gasteiger partial charge in [-0.2, -0.15) is 0 Å². The molecule has 3 N–H and O–H groups in total. The molecule has 0 bridgehead atoms. The van der Waals surface area contributed by atoms with Gasteiger partial charge < -0.3 is 29.5 Å². The number of carboxylic acids is 3. The Kier molecular flexibility index (Phi) is 11.6. The van der Waals surface area contributed by atoms with Gasteiger partial charge in [0.05, 0.1) is 0 Å². The van der Waals surface area contributed by atoms with E-state index in [1.807, 2.05) is 44.2 Å². The molecule has 2 fully saturated rings. The predicted molar refractivity (Wildman–Crippen MR) is 181 cm³/mol. The monoisotopic (exact) mass is 658 g/mol. The molecule has 0 heterocycles. The third-order valence-corrected chi connectivity index (χ3v) is 9.85. The molecule has 48 heavy (non-hydrogen) atoms. The number of rotatable bonds is 14. The highest BCUT2D eigenvalue weighted by Gasteiger charge is 2.30. The fourth-order valence-corrected chi connectivity index (χ4v) is 7.51. The van der Waals surface area contributed by atoms with Crippen molar-refractivity contribution in [3.63, 3.8) is 0 Å². The topological polar surface area (TPSA) is 140 Å². The largest absolute Gasteiger partial charge is 0.482 e. The van der Waals surface area contributed by atoms with Crippen LogP contribution in [0.4, 0.5) is 0 Å². The Bertz CT molecular complexity index is 1620. The van der Waals surface area contributed by atoms with Crippen molar-refractivity contribution in [3.05, 3.63) is 87.5 Å². The lowest BCUT2D eigenvalue weighted by atomic mass is 9.75. The third kappa shape index (κ3) is 8.48. The van der Waals surface area contributed by atoms with Crippen LogP contribution in [0.2, 0.25) is 0 Å². The van der Waals surface area contributed by atoms with Crippen molar-refractivity contribution in [2.75, 3.05) is 19.8 Å². The van der Waals surface area contributed by atoms with Gasteiger partial charge in [-0.15, -0.1) is 0 Å². The van der Waals surface area contributed by atoms with Crippen LogP contribution in [0.1, 0.15) is 121 Å². The second-order valence-corrected chi connectivity index (χ2v) is 13.2. The van der Waals surface area contributed by atoms with E-state index in [-0.39, 0.29) is 5.92 Å². The van der Waals surface area contributed by atoms with Gasteiger partial charge >= 0.3 is 17.9 Å². The second kappa shape index (κ2) is 16.0. The van der Waals surface area contributed by atoms with Crippen LogP contribution in [-0.4, -0.2) is 53.0 Å². The molecular formula is C39H46O9. The molecule has 1 atom stereocenters. The van der Waals surface area contributed by atoms with Gasteiger partial charge in [-0.3, -0.25) is 0 Å². The molecule has 0 aromatic heterocycles. The van der Waals surface area contributed by atoms with Gasteiger partial charge in [-0.25, -0.2) is 14.4 Å². The Labute approximate surface area is 281 Å². The molecule has 0 aliphatic heterocycles. The normalized spacial score (nSPS) is 16.2. The highest BCUT2D eigenvalue weighted by Crippen LogP contribution is 2.47. The number of para-hydroxylation sites is 1. The molecule has 2 aliphatic carbocycles.